The average Bonchev–Trinajstić information content (AvgIpc) is 2.35. The Balaban J connectivity index is 2.41. The summed E-state index contributed by atoms with van der Waals surface area (Å²) < 4.78 is 11.7. The van der Waals surface area contributed by atoms with Crippen LogP contribution in [0.1, 0.15) is 0 Å². The standard InChI is InChI=1S/C15H12O2S/c1-18(17)15-4-2-3-11-7-12-8-13(16)6-5-10(12)9-14(11)15/h2-9,16H,1H3. The lowest BCUT2D eigenvalue weighted by Gasteiger charge is -2.09. The van der Waals surface area contributed by atoms with Crippen LogP contribution in [0, 0.1) is 0 Å². The minimum Gasteiger partial charge on any atom is -0.612 e. The van der Waals surface area contributed by atoms with E-state index in [1.807, 2.05) is 36.4 Å². The van der Waals surface area contributed by atoms with Crippen molar-refractivity contribution < 1.29 is 9.66 Å². The Morgan fingerprint density at radius 2 is 1.78 bits per heavy atom. The topological polar surface area (TPSA) is 43.3 Å². The zero-order chi connectivity index (χ0) is 12.7. The van der Waals surface area contributed by atoms with Gasteiger partial charge < -0.3 is 9.66 Å². The molecule has 1 N–H and O–H groups in total. The van der Waals surface area contributed by atoms with Crippen LogP contribution in [0.2, 0.25) is 0 Å². The molecule has 0 radical (unpaired) electrons. The van der Waals surface area contributed by atoms with Crippen LogP contribution >= 0.6 is 0 Å². The molecule has 90 valence electrons. The van der Waals surface area contributed by atoms with Gasteiger partial charge in [0.25, 0.3) is 0 Å². The smallest absolute Gasteiger partial charge is 0.160 e. The molecular formula is C15H12O2S. The van der Waals surface area contributed by atoms with Gasteiger partial charge in [0.1, 0.15) is 12.0 Å². The van der Waals surface area contributed by atoms with Crippen molar-refractivity contribution in [1.82, 2.24) is 0 Å². The van der Waals surface area contributed by atoms with Crippen molar-refractivity contribution >= 4 is 32.7 Å². The van der Waals surface area contributed by atoms with Crippen molar-refractivity contribution in [2.24, 2.45) is 0 Å². The molecule has 3 rings (SSSR count). The molecule has 0 saturated heterocycles. The summed E-state index contributed by atoms with van der Waals surface area (Å²) in [6.45, 7) is 0. The molecule has 0 aromatic heterocycles. The van der Waals surface area contributed by atoms with E-state index in [1.54, 1.807) is 18.4 Å². The van der Waals surface area contributed by atoms with Gasteiger partial charge in [-0.2, -0.15) is 0 Å². The van der Waals surface area contributed by atoms with Gasteiger partial charge in [-0.1, -0.05) is 18.2 Å². The van der Waals surface area contributed by atoms with Crippen molar-refractivity contribution in [3.05, 3.63) is 48.5 Å². The van der Waals surface area contributed by atoms with Crippen molar-refractivity contribution in [2.75, 3.05) is 6.26 Å². The Hall–Kier alpha value is -1.71. The second-order valence-corrected chi connectivity index (χ2v) is 5.66. The molecule has 1 unspecified atom stereocenters. The van der Waals surface area contributed by atoms with E-state index in [1.165, 1.54) is 0 Å². The molecule has 2 nitrogen and oxygen atoms in total. The van der Waals surface area contributed by atoms with Crippen LogP contribution < -0.4 is 0 Å². The number of phenols is 1. The number of fused-ring (bicyclic) bond motifs is 2. The van der Waals surface area contributed by atoms with E-state index >= 15 is 0 Å². The molecule has 0 amide bonds. The first-order chi connectivity index (χ1) is 8.65. The number of benzene rings is 3. The van der Waals surface area contributed by atoms with Gasteiger partial charge in [0, 0.05) is 5.39 Å². The van der Waals surface area contributed by atoms with Crippen LogP contribution in [0.5, 0.6) is 5.75 Å². The van der Waals surface area contributed by atoms with Crippen molar-refractivity contribution in [2.45, 2.75) is 4.90 Å². The molecule has 0 bridgehead atoms. The maximum absolute atomic E-state index is 11.7. The minimum atomic E-state index is -1.00. The zero-order valence-corrected chi connectivity index (χ0v) is 10.7. The van der Waals surface area contributed by atoms with Gasteiger partial charge in [-0.15, -0.1) is 0 Å². The monoisotopic (exact) mass is 256 g/mol. The number of aromatic hydroxyl groups is 1. The molecule has 0 aliphatic carbocycles. The number of rotatable bonds is 1. The van der Waals surface area contributed by atoms with Gasteiger partial charge in [-0.05, 0) is 57.7 Å². The van der Waals surface area contributed by atoms with Crippen LogP contribution in [-0.4, -0.2) is 15.9 Å². The van der Waals surface area contributed by atoms with Crippen molar-refractivity contribution in [3.8, 4) is 5.75 Å². The van der Waals surface area contributed by atoms with Gasteiger partial charge in [-0.3, -0.25) is 0 Å². The maximum atomic E-state index is 11.7. The SMILES string of the molecule is C[S+]([O-])c1cccc2cc3cc(O)ccc3cc12. The van der Waals surface area contributed by atoms with Gasteiger partial charge in [0.15, 0.2) is 4.90 Å². The first kappa shape index (κ1) is 11.4. The van der Waals surface area contributed by atoms with E-state index in [-0.39, 0.29) is 5.75 Å². The lowest BCUT2D eigenvalue weighted by molar-refractivity contribution is 0.476. The highest BCUT2D eigenvalue weighted by molar-refractivity contribution is 7.91. The molecule has 3 heteroatoms. The Morgan fingerprint density at radius 3 is 2.56 bits per heavy atom. The van der Waals surface area contributed by atoms with Gasteiger partial charge in [-0.25, -0.2) is 0 Å². The number of hydrogen-bond donors (Lipinski definition) is 1. The van der Waals surface area contributed by atoms with Crippen LogP contribution in [0.15, 0.2) is 53.4 Å². The summed E-state index contributed by atoms with van der Waals surface area (Å²) in [4.78, 5) is 0.850. The predicted octanol–water partition coefficient (Wildman–Crippen LogP) is 3.44. The molecule has 0 aliphatic rings. The van der Waals surface area contributed by atoms with Crippen LogP contribution in [0.4, 0.5) is 0 Å². The van der Waals surface area contributed by atoms with Crippen LogP contribution in [0.3, 0.4) is 0 Å². The van der Waals surface area contributed by atoms with E-state index in [2.05, 4.69) is 0 Å². The second kappa shape index (κ2) is 4.19. The van der Waals surface area contributed by atoms with Crippen LogP contribution in [0.25, 0.3) is 21.5 Å². The molecule has 1 atom stereocenters. The van der Waals surface area contributed by atoms with Crippen molar-refractivity contribution in [3.63, 3.8) is 0 Å². The number of phenolic OH excluding ortho intramolecular Hbond substituents is 1. The molecule has 0 spiro atoms. The van der Waals surface area contributed by atoms with E-state index in [0.717, 1.165) is 26.4 Å². The number of hydrogen-bond acceptors (Lipinski definition) is 2. The molecule has 3 aromatic carbocycles. The first-order valence-electron chi connectivity index (χ1n) is 5.64. The van der Waals surface area contributed by atoms with E-state index in [4.69, 9.17) is 0 Å². The fraction of sp³-hybridized carbons (Fsp3) is 0.0667. The molecule has 0 aliphatic heterocycles. The fourth-order valence-electron chi connectivity index (χ4n) is 2.23. The molecule has 0 heterocycles. The van der Waals surface area contributed by atoms with Crippen molar-refractivity contribution in [1.29, 1.82) is 0 Å². The summed E-state index contributed by atoms with van der Waals surface area (Å²) in [6.07, 6.45) is 1.69. The minimum absolute atomic E-state index is 0.261. The Morgan fingerprint density at radius 1 is 0.944 bits per heavy atom. The highest BCUT2D eigenvalue weighted by atomic mass is 32.2. The second-order valence-electron chi connectivity index (χ2n) is 4.32. The Kier molecular flexibility index (Phi) is 2.65. The van der Waals surface area contributed by atoms with E-state index in [9.17, 15) is 9.66 Å². The normalized spacial score (nSPS) is 13.0. The zero-order valence-electron chi connectivity index (χ0n) is 9.88. The summed E-state index contributed by atoms with van der Waals surface area (Å²) in [7, 11) is 0. The van der Waals surface area contributed by atoms with Gasteiger partial charge >= 0.3 is 0 Å². The van der Waals surface area contributed by atoms with Crippen LogP contribution in [-0.2, 0) is 11.2 Å². The third-order valence-electron chi connectivity index (χ3n) is 3.09. The summed E-state index contributed by atoms with van der Waals surface area (Å²) in [6, 6.07) is 15.1. The molecule has 0 fully saturated rings. The Bertz CT molecular complexity index is 735. The summed E-state index contributed by atoms with van der Waals surface area (Å²) >= 11 is -1.00. The van der Waals surface area contributed by atoms with E-state index < -0.39 is 11.2 Å². The highest BCUT2D eigenvalue weighted by Crippen LogP contribution is 2.29. The lowest BCUT2D eigenvalue weighted by Crippen LogP contribution is -1.97. The largest absolute Gasteiger partial charge is 0.612 e. The molecule has 18 heavy (non-hydrogen) atoms. The average molecular weight is 256 g/mol. The fourth-order valence-corrected chi connectivity index (χ4v) is 2.99. The quantitative estimate of drug-likeness (QED) is 0.535. The van der Waals surface area contributed by atoms with Gasteiger partial charge in [0.2, 0.25) is 0 Å². The molecule has 0 saturated carbocycles. The first-order valence-corrected chi connectivity index (χ1v) is 7.20. The molecular weight excluding hydrogens is 244 g/mol. The lowest BCUT2D eigenvalue weighted by atomic mass is 10.0. The third kappa shape index (κ3) is 1.82. The summed E-state index contributed by atoms with van der Waals surface area (Å²) in [5.74, 6) is 0.261. The maximum Gasteiger partial charge on any atom is 0.160 e. The Labute approximate surface area is 108 Å². The summed E-state index contributed by atoms with van der Waals surface area (Å²) in [5, 5.41) is 13.6. The third-order valence-corrected chi connectivity index (χ3v) is 4.07. The highest BCUT2D eigenvalue weighted by Gasteiger charge is 2.10. The predicted molar refractivity (Wildman–Crippen MR) is 75.5 cm³/mol. The molecule has 3 aromatic rings. The van der Waals surface area contributed by atoms with Gasteiger partial charge in [0.05, 0.1) is 0 Å². The summed E-state index contributed by atoms with van der Waals surface area (Å²) in [5.41, 5.74) is 0. The van der Waals surface area contributed by atoms with E-state index in [0.29, 0.717) is 0 Å².